The number of halogens is 1. The molecule has 134 valence electrons. The van der Waals surface area contributed by atoms with Crippen molar-refractivity contribution >= 4 is 11.4 Å². The summed E-state index contributed by atoms with van der Waals surface area (Å²) in [6.07, 6.45) is 6.72. The number of hydrogen-bond donors (Lipinski definition) is 0. The van der Waals surface area contributed by atoms with E-state index in [0.717, 1.165) is 6.20 Å². The van der Waals surface area contributed by atoms with Crippen molar-refractivity contribution in [1.82, 2.24) is 19.4 Å². The lowest BCUT2D eigenvalue weighted by Crippen LogP contribution is -2.08. The number of Topliss-reactive ketones (excluding diaryl/α,β-unsaturated/α-hetero) is 1. The van der Waals surface area contributed by atoms with Crippen LogP contribution in [0.15, 0.2) is 61.4 Å². The minimum atomic E-state index is -0.557. The summed E-state index contributed by atoms with van der Waals surface area (Å²) in [5, 5.41) is 0. The van der Waals surface area contributed by atoms with Gasteiger partial charge in [0.2, 0.25) is 0 Å². The summed E-state index contributed by atoms with van der Waals surface area (Å²) in [5.41, 5.74) is 0.916. The molecule has 0 spiro atoms. The van der Waals surface area contributed by atoms with Crippen LogP contribution in [-0.2, 0) is 6.42 Å². The highest BCUT2D eigenvalue weighted by atomic mass is 19.1. The van der Waals surface area contributed by atoms with Crippen molar-refractivity contribution < 1.29 is 18.0 Å². The lowest BCUT2D eigenvalue weighted by Gasteiger charge is -2.09. The predicted octanol–water partition coefficient (Wildman–Crippen LogP) is 3.79. The van der Waals surface area contributed by atoms with Gasteiger partial charge in [-0.05, 0) is 24.6 Å². The summed E-state index contributed by atoms with van der Waals surface area (Å²) in [4.78, 5) is 24.9. The van der Waals surface area contributed by atoms with Crippen LogP contribution in [0.2, 0.25) is 0 Å². The number of pyridine rings is 3. The number of aromatic nitrogens is 4. The van der Waals surface area contributed by atoms with Crippen molar-refractivity contribution in [3.8, 4) is 11.5 Å². The fourth-order valence-electron chi connectivity index (χ4n) is 2.56. The first-order valence-electron chi connectivity index (χ1n) is 9.55. The van der Waals surface area contributed by atoms with E-state index in [1.54, 1.807) is 16.8 Å². The number of carbonyl (C=O) groups is 1. The Morgan fingerprint density at radius 2 is 2.15 bits per heavy atom. The Hall–Kier alpha value is -3.61. The molecule has 0 saturated carbocycles. The third kappa shape index (κ3) is 3.67. The Morgan fingerprint density at radius 1 is 1.26 bits per heavy atom. The summed E-state index contributed by atoms with van der Waals surface area (Å²) in [7, 11) is 0. The fraction of sp³-hybridized carbons (Fsp3) is 0.100. The average Bonchev–Trinajstić information content (AvgIpc) is 3.18. The molecule has 0 atom stereocenters. The molecule has 27 heavy (non-hydrogen) atoms. The van der Waals surface area contributed by atoms with Gasteiger partial charge in [-0.2, -0.15) is 0 Å². The maximum atomic E-state index is 13.4. The van der Waals surface area contributed by atoms with Crippen LogP contribution >= 0.6 is 0 Å². The minimum Gasteiger partial charge on any atom is -0.454 e. The van der Waals surface area contributed by atoms with Crippen LogP contribution in [0.4, 0.5) is 4.39 Å². The van der Waals surface area contributed by atoms with Gasteiger partial charge in [-0.25, -0.2) is 9.37 Å². The number of hydrogen-bond acceptors (Lipinski definition) is 5. The van der Waals surface area contributed by atoms with Gasteiger partial charge in [0.25, 0.3) is 0 Å². The number of imidazole rings is 1. The second-order valence-electron chi connectivity index (χ2n) is 5.83. The molecule has 4 rings (SSSR count). The van der Waals surface area contributed by atoms with E-state index in [2.05, 4.69) is 15.0 Å². The molecule has 0 unspecified atom stereocenters. The average molecular weight is 365 g/mol. The van der Waals surface area contributed by atoms with Gasteiger partial charge in [-0.15, -0.1) is 0 Å². The predicted molar refractivity (Wildman–Crippen MR) is 96.5 cm³/mol. The normalized spacial score (nSPS) is 12.4. The van der Waals surface area contributed by atoms with Gasteiger partial charge in [0.1, 0.15) is 23.0 Å². The second-order valence-corrected chi connectivity index (χ2v) is 5.83. The molecule has 0 amide bonds. The molecule has 0 aliphatic heterocycles. The molecule has 0 aliphatic carbocycles. The number of ether oxygens (including phenoxy) is 1. The van der Waals surface area contributed by atoms with Crippen LogP contribution in [0.25, 0.3) is 5.65 Å². The van der Waals surface area contributed by atoms with Crippen LogP contribution < -0.4 is 4.74 Å². The quantitative estimate of drug-likeness (QED) is 0.503. The minimum absolute atomic E-state index is 0.0472. The monoisotopic (exact) mass is 365 g/mol. The summed E-state index contributed by atoms with van der Waals surface area (Å²) >= 11 is 0. The third-order valence-electron chi connectivity index (χ3n) is 3.76. The van der Waals surface area contributed by atoms with Gasteiger partial charge < -0.3 is 9.14 Å². The van der Waals surface area contributed by atoms with E-state index >= 15 is 0 Å². The number of nitrogens with zero attached hydrogens (tertiary/aromatic N) is 4. The molecule has 7 heteroatoms. The Bertz CT molecular complexity index is 1290. The molecule has 6 nitrogen and oxygen atoms in total. The van der Waals surface area contributed by atoms with Crippen LogP contribution in [0.3, 0.4) is 0 Å². The number of fused-ring (bicyclic) bond motifs is 1. The maximum absolute atomic E-state index is 13.4. The van der Waals surface area contributed by atoms with Gasteiger partial charge in [-0.3, -0.25) is 14.8 Å². The highest BCUT2D eigenvalue weighted by Gasteiger charge is 2.16. The zero-order valence-corrected chi connectivity index (χ0v) is 14.2. The van der Waals surface area contributed by atoms with E-state index in [4.69, 9.17) is 8.85 Å². The first-order valence-corrected chi connectivity index (χ1v) is 8.05. The van der Waals surface area contributed by atoms with Crippen LogP contribution in [0, 0.1) is 12.7 Å². The molecular formula is C20H15FN4O2. The molecule has 0 radical (unpaired) electrons. The van der Waals surface area contributed by atoms with Crippen molar-refractivity contribution in [2.45, 2.75) is 13.3 Å². The zero-order chi connectivity index (χ0) is 21.4. The van der Waals surface area contributed by atoms with E-state index in [9.17, 15) is 9.18 Å². The molecular weight excluding hydrogens is 347 g/mol. The summed E-state index contributed by atoms with van der Waals surface area (Å²) < 4.78 is 44.4. The molecule has 0 saturated heterocycles. The molecule has 0 fully saturated rings. The van der Waals surface area contributed by atoms with E-state index in [1.165, 1.54) is 31.5 Å². The molecule has 4 heterocycles. The highest BCUT2D eigenvalue weighted by molar-refractivity contribution is 6.02. The molecule has 4 aromatic heterocycles. The summed E-state index contributed by atoms with van der Waals surface area (Å²) in [5.74, 6) is -0.531. The number of ketones is 1. The van der Waals surface area contributed by atoms with E-state index in [0.29, 0.717) is 5.65 Å². The van der Waals surface area contributed by atoms with Crippen molar-refractivity contribution in [1.29, 1.82) is 0 Å². The van der Waals surface area contributed by atoms with Gasteiger partial charge in [0.05, 0.1) is 34.7 Å². The smallest absolute Gasteiger partial charge is 0.172 e. The standard InChI is InChI=1S/C20H15FN4O2/c1-13-2-3-15(24-9-13)7-19(26)18-8-17(12-25-5-4-23-20(18)25)27-16-6-14(21)10-22-11-16/h2-6,8-12H,7H2,1H3/i2D,3D,9D. The van der Waals surface area contributed by atoms with Crippen LogP contribution in [0.5, 0.6) is 11.5 Å². The fourth-order valence-corrected chi connectivity index (χ4v) is 2.56. The topological polar surface area (TPSA) is 69.4 Å². The SMILES string of the molecule is [2H]c1nc(CC(=O)c2cc(Oc3cncc(F)c3)cn3ccnc23)c([2H])c([2H])c1C. The molecule has 4 aromatic rings. The Kier molecular flexibility index (Phi) is 3.49. The van der Waals surface area contributed by atoms with Crippen molar-refractivity contribution in [2.75, 3.05) is 0 Å². The second kappa shape index (κ2) is 6.95. The van der Waals surface area contributed by atoms with Gasteiger partial charge in [0.15, 0.2) is 5.78 Å². The van der Waals surface area contributed by atoms with E-state index in [-0.39, 0.29) is 53.0 Å². The Labute approximate surface area is 158 Å². The van der Waals surface area contributed by atoms with Crippen LogP contribution in [0.1, 0.15) is 25.7 Å². The van der Waals surface area contributed by atoms with Crippen molar-refractivity contribution in [2.24, 2.45) is 0 Å². The Morgan fingerprint density at radius 3 is 3.00 bits per heavy atom. The van der Waals surface area contributed by atoms with Crippen molar-refractivity contribution in [3.63, 3.8) is 0 Å². The van der Waals surface area contributed by atoms with Gasteiger partial charge in [0, 0.05) is 30.3 Å². The lowest BCUT2D eigenvalue weighted by atomic mass is 10.1. The van der Waals surface area contributed by atoms with E-state index < -0.39 is 11.6 Å². The van der Waals surface area contributed by atoms with Gasteiger partial charge >= 0.3 is 0 Å². The molecule has 0 aromatic carbocycles. The van der Waals surface area contributed by atoms with E-state index in [1.807, 2.05) is 0 Å². The molecule has 0 N–H and O–H groups in total. The number of rotatable bonds is 5. The Balaban J connectivity index is 1.71. The largest absolute Gasteiger partial charge is 0.454 e. The summed E-state index contributed by atoms with van der Waals surface area (Å²) in [6, 6.07) is 2.33. The zero-order valence-electron chi connectivity index (χ0n) is 17.2. The summed E-state index contributed by atoms with van der Waals surface area (Å²) in [6.45, 7) is 1.54. The highest BCUT2D eigenvalue weighted by Crippen LogP contribution is 2.25. The van der Waals surface area contributed by atoms with Crippen molar-refractivity contribution in [3.05, 3.63) is 84.0 Å². The van der Waals surface area contributed by atoms with Crippen LogP contribution in [-0.4, -0.2) is 25.1 Å². The molecule has 0 bridgehead atoms. The lowest BCUT2D eigenvalue weighted by molar-refractivity contribution is 0.0992. The maximum Gasteiger partial charge on any atom is 0.172 e. The number of carbonyl (C=O) groups excluding carboxylic acids is 1. The first kappa shape index (κ1) is 13.6. The first-order chi connectivity index (χ1) is 14.3. The molecule has 0 aliphatic rings. The van der Waals surface area contributed by atoms with Gasteiger partial charge in [-0.1, -0.05) is 6.04 Å². The third-order valence-corrected chi connectivity index (χ3v) is 3.76.